The van der Waals surface area contributed by atoms with Crippen molar-refractivity contribution in [3.8, 4) is 5.75 Å². The van der Waals surface area contributed by atoms with E-state index >= 15 is 0 Å². The predicted octanol–water partition coefficient (Wildman–Crippen LogP) is 3.04. The number of fused-ring (bicyclic) bond motifs is 1. The molecule has 1 atom stereocenters. The molecule has 0 radical (unpaired) electrons. The molecule has 0 amide bonds. The van der Waals surface area contributed by atoms with E-state index in [4.69, 9.17) is 4.74 Å². The molecule has 3 nitrogen and oxygen atoms in total. The van der Waals surface area contributed by atoms with Gasteiger partial charge >= 0.3 is 0 Å². The summed E-state index contributed by atoms with van der Waals surface area (Å²) >= 11 is 0. The zero-order chi connectivity index (χ0) is 14.0. The maximum atomic E-state index is 9.85. The van der Waals surface area contributed by atoms with Gasteiger partial charge in [-0.3, -0.25) is 0 Å². The van der Waals surface area contributed by atoms with Gasteiger partial charge in [-0.05, 0) is 26.2 Å². The van der Waals surface area contributed by atoms with Crippen LogP contribution in [0.15, 0.2) is 36.4 Å². The first-order chi connectivity index (χ1) is 8.88. The Balaban J connectivity index is 2.50. The van der Waals surface area contributed by atoms with Crippen molar-refractivity contribution >= 4 is 10.8 Å². The van der Waals surface area contributed by atoms with Crippen molar-refractivity contribution in [2.45, 2.75) is 32.5 Å². The lowest BCUT2D eigenvalue weighted by Gasteiger charge is -2.21. The smallest absolute Gasteiger partial charge is 0.133 e. The van der Waals surface area contributed by atoms with Gasteiger partial charge in [0.1, 0.15) is 12.4 Å². The van der Waals surface area contributed by atoms with Gasteiger partial charge in [-0.25, -0.2) is 0 Å². The second kappa shape index (κ2) is 5.19. The van der Waals surface area contributed by atoms with Crippen molar-refractivity contribution in [1.29, 1.82) is 0 Å². The van der Waals surface area contributed by atoms with Crippen molar-refractivity contribution in [1.82, 2.24) is 0 Å². The summed E-state index contributed by atoms with van der Waals surface area (Å²) in [6, 6.07) is 11.7. The minimum atomic E-state index is -0.910. The third-order valence-corrected chi connectivity index (χ3v) is 2.93. The molecular formula is C16H20O3. The Bertz CT molecular complexity index is 568. The highest BCUT2D eigenvalue weighted by Gasteiger charge is 2.18. The van der Waals surface area contributed by atoms with E-state index in [-0.39, 0.29) is 6.61 Å². The molecule has 0 saturated carbocycles. The Morgan fingerprint density at radius 1 is 1.16 bits per heavy atom. The lowest BCUT2D eigenvalue weighted by atomic mass is 10.0. The van der Waals surface area contributed by atoms with Crippen molar-refractivity contribution in [3.63, 3.8) is 0 Å². The van der Waals surface area contributed by atoms with E-state index in [1.807, 2.05) is 36.4 Å². The number of hydrogen-bond donors (Lipinski definition) is 2. The molecule has 0 spiro atoms. The van der Waals surface area contributed by atoms with Crippen molar-refractivity contribution in [3.05, 3.63) is 42.0 Å². The lowest BCUT2D eigenvalue weighted by Crippen LogP contribution is -2.28. The summed E-state index contributed by atoms with van der Waals surface area (Å²) in [5.41, 5.74) is -0.171. The number of aliphatic hydroxyl groups excluding tert-OH is 1. The number of hydrogen-bond acceptors (Lipinski definition) is 3. The van der Waals surface area contributed by atoms with Crippen LogP contribution in [-0.4, -0.2) is 22.4 Å². The monoisotopic (exact) mass is 260 g/mol. The second-order valence-corrected chi connectivity index (χ2v) is 5.48. The SMILES string of the molecule is C[C@@H](O)c1ccc2ccccc2c1OCC(C)(C)O. The maximum absolute atomic E-state index is 9.85. The first-order valence-electron chi connectivity index (χ1n) is 6.43. The fraction of sp³-hybridized carbons (Fsp3) is 0.375. The van der Waals surface area contributed by atoms with Crippen LogP contribution in [-0.2, 0) is 0 Å². The van der Waals surface area contributed by atoms with Gasteiger partial charge in [-0.1, -0.05) is 36.4 Å². The minimum Gasteiger partial charge on any atom is -0.490 e. The second-order valence-electron chi connectivity index (χ2n) is 5.48. The highest BCUT2D eigenvalue weighted by Crippen LogP contribution is 2.34. The van der Waals surface area contributed by atoms with Gasteiger partial charge in [0.15, 0.2) is 0 Å². The zero-order valence-corrected chi connectivity index (χ0v) is 11.6. The highest BCUT2D eigenvalue weighted by molar-refractivity contribution is 5.89. The Morgan fingerprint density at radius 3 is 2.47 bits per heavy atom. The van der Waals surface area contributed by atoms with Gasteiger partial charge in [0, 0.05) is 10.9 Å². The Labute approximate surface area is 113 Å². The van der Waals surface area contributed by atoms with E-state index in [0.29, 0.717) is 5.75 Å². The Morgan fingerprint density at radius 2 is 1.84 bits per heavy atom. The first kappa shape index (κ1) is 13.8. The summed E-state index contributed by atoms with van der Waals surface area (Å²) in [7, 11) is 0. The fourth-order valence-corrected chi connectivity index (χ4v) is 2.00. The summed E-state index contributed by atoms with van der Waals surface area (Å²) in [5.74, 6) is 0.648. The van der Waals surface area contributed by atoms with Crippen LogP contribution < -0.4 is 4.74 Å². The summed E-state index contributed by atoms with van der Waals surface area (Å²) in [5, 5.41) is 21.6. The van der Waals surface area contributed by atoms with Crippen LogP contribution in [0.1, 0.15) is 32.4 Å². The fourth-order valence-electron chi connectivity index (χ4n) is 2.00. The molecule has 0 aliphatic carbocycles. The normalized spacial score (nSPS) is 13.5. The van der Waals surface area contributed by atoms with E-state index < -0.39 is 11.7 Å². The quantitative estimate of drug-likeness (QED) is 0.888. The molecule has 2 N–H and O–H groups in total. The standard InChI is InChI=1S/C16H20O3/c1-11(17)13-9-8-12-6-4-5-7-14(12)15(13)19-10-16(2,3)18/h4-9,11,17-18H,10H2,1-3H3/t11-/m1/s1. The van der Waals surface area contributed by atoms with Crippen molar-refractivity contribution < 1.29 is 14.9 Å². The molecule has 2 rings (SSSR count). The predicted molar refractivity (Wildman–Crippen MR) is 76.4 cm³/mol. The van der Waals surface area contributed by atoms with Gasteiger partial charge in [-0.15, -0.1) is 0 Å². The van der Waals surface area contributed by atoms with Crippen LogP contribution in [0.4, 0.5) is 0 Å². The van der Waals surface area contributed by atoms with Crippen LogP contribution in [0.3, 0.4) is 0 Å². The Hall–Kier alpha value is -1.58. The summed E-state index contributed by atoms with van der Waals surface area (Å²) in [4.78, 5) is 0. The number of benzene rings is 2. The topological polar surface area (TPSA) is 49.7 Å². The van der Waals surface area contributed by atoms with Gasteiger partial charge < -0.3 is 14.9 Å². The van der Waals surface area contributed by atoms with Crippen LogP contribution >= 0.6 is 0 Å². The molecule has 0 bridgehead atoms. The number of ether oxygens (including phenoxy) is 1. The van der Waals surface area contributed by atoms with E-state index in [0.717, 1.165) is 16.3 Å². The van der Waals surface area contributed by atoms with Crippen molar-refractivity contribution in [2.75, 3.05) is 6.61 Å². The van der Waals surface area contributed by atoms with E-state index in [1.165, 1.54) is 0 Å². The van der Waals surface area contributed by atoms with Gasteiger partial charge in [0.25, 0.3) is 0 Å². The molecule has 0 heterocycles. The molecule has 0 aliphatic heterocycles. The van der Waals surface area contributed by atoms with Crippen molar-refractivity contribution in [2.24, 2.45) is 0 Å². The van der Waals surface area contributed by atoms with E-state index in [2.05, 4.69) is 0 Å². The molecular weight excluding hydrogens is 240 g/mol. The zero-order valence-electron chi connectivity index (χ0n) is 11.6. The third kappa shape index (κ3) is 3.25. The lowest BCUT2D eigenvalue weighted by molar-refractivity contribution is 0.0278. The molecule has 19 heavy (non-hydrogen) atoms. The number of rotatable bonds is 4. The summed E-state index contributed by atoms with van der Waals surface area (Å²) in [6.45, 7) is 5.28. The van der Waals surface area contributed by atoms with E-state index in [1.54, 1.807) is 20.8 Å². The average Bonchev–Trinajstić information content (AvgIpc) is 2.34. The summed E-state index contributed by atoms with van der Waals surface area (Å²) in [6.07, 6.45) is -0.610. The van der Waals surface area contributed by atoms with Gasteiger partial charge in [-0.2, -0.15) is 0 Å². The first-order valence-corrected chi connectivity index (χ1v) is 6.43. The molecule has 0 aliphatic rings. The van der Waals surface area contributed by atoms with Crippen LogP contribution in [0, 0.1) is 0 Å². The van der Waals surface area contributed by atoms with Crippen LogP contribution in [0.25, 0.3) is 10.8 Å². The molecule has 0 saturated heterocycles. The molecule has 102 valence electrons. The van der Waals surface area contributed by atoms with Crippen LogP contribution in [0.5, 0.6) is 5.75 Å². The Kier molecular flexibility index (Phi) is 3.78. The maximum Gasteiger partial charge on any atom is 0.133 e. The molecule has 0 unspecified atom stereocenters. The number of aliphatic hydroxyl groups is 2. The molecule has 2 aromatic rings. The highest BCUT2D eigenvalue weighted by atomic mass is 16.5. The van der Waals surface area contributed by atoms with Crippen LogP contribution in [0.2, 0.25) is 0 Å². The molecule has 0 aromatic heterocycles. The van der Waals surface area contributed by atoms with E-state index in [9.17, 15) is 10.2 Å². The molecule has 3 heteroatoms. The summed E-state index contributed by atoms with van der Waals surface area (Å²) < 4.78 is 5.77. The van der Waals surface area contributed by atoms with Gasteiger partial charge in [0.2, 0.25) is 0 Å². The molecule has 2 aromatic carbocycles. The average molecular weight is 260 g/mol. The third-order valence-electron chi connectivity index (χ3n) is 2.93. The largest absolute Gasteiger partial charge is 0.490 e. The minimum absolute atomic E-state index is 0.181. The molecule has 0 fully saturated rings. The van der Waals surface area contributed by atoms with Gasteiger partial charge in [0.05, 0.1) is 11.7 Å².